The highest BCUT2D eigenvalue weighted by molar-refractivity contribution is 5.76. The van der Waals surface area contributed by atoms with E-state index in [-0.39, 0.29) is 6.61 Å². The fourth-order valence-electron chi connectivity index (χ4n) is 6.57. The minimum absolute atomic E-state index is 0.103. The maximum Gasteiger partial charge on any atom is 0.338 e. The minimum atomic E-state index is -2.29. The zero-order valence-electron chi connectivity index (χ0n) is 30.2. The molecule has 13 N–H and O–H groups in total. The van der Waals surface area contributed by atoms with Crippen molar-refractivity contribution in [3.05, 3.63) is 0 Å². The number of ether oxygens (including phenoxy) is 8. The second-order valence-electron chi connectivity index (χ2n) is 13.5. The van der Waals surface area contributed by atoms with E-state index in [0.717, 1.165) is 13.8 Å². The van der Waals surface area contributed by atoms with Crippen molar-refractivity contribution >= 4 is 23.8 Å². The van der Waals surface area contributed by atoms with Gasteiger partial charge in [-0.15, -0.1) is 0 Å². The summed E-state index contributed by atoms with van der Waals surface area (Å²) in [6.07, 6.45) is -35.4. The Morgan fingerprint density at radius 1 is 0.571 bits per heavy atom. The van der Waals surface area contributed by atoms with E-state index in [9.17, 15) is 75.3 Å². The topological polar surface area (TPSA) is 389 Å². The molecule has 0 aromatic rings. The summed E-state index contributed by atoms with van der Waals surface area (Å²) in [7, 11) is 0. The van der Waals surface area contributed by atoms with Gasteiger partial charge in [0.15, 0.2) is 37.4 Å². The van der Waals surface area contributed by atoms with E-state index >= 15 is 0 Å². The van der Waals surface area contributed by atoms with E-state index in [2.05, 4.69) is 10.6 Å². The van der Waals surface area contributed by atoms with E-state index in [0.29, 0.717) is 6.42 Å². The third kappa shape index (κ3) is 10.1. The number of rotatable bonds is 14. The van der Waals surface area contributed by atoms with Crippen LogP contribution in [-0.2, 0) is 57.1 Å². The fourth-order valence-corrected chi connectivity index (χ4v) is 6.57. The van der Waals surface area contributed by atoms with Crippen molar-refractivity contribution < 1.29 is 113 Å². The summed E-state index contributed by atoms with van der Waals surface area (Å²) in [5, 5.41) is 121. The Morgan fingerprint density at radius 2 is 1.05 bits per heavy atom. The van der Waals surface area contributed by atoms with Crippen molar-refractivity contribution in [3.8, 4) is 0 Å². The number of esters is 1. The van der Waals surface area contributed by atoms with Crippen molar-refractivity contribution in [3.63, 3.8) is 0 Å². The number of carbonyl (C=O) groups excluding carboxylic acids is 3. The summed E-state index contributed by atoms with van der Waals surface area (Å²) in [5.74, 6) is -4.59. The number of aliphatic hydroxyl groups is 10. The number of amides is 2. The number of hydrogen-bond acceptors (Lipinski definition) is 22. The largest absolute Gasteiger partial charge is 0.479 e. The van der Waals surface area contributed by atoms with Crippen LogP contribution in [0.1, 0.15) is 27.2 Å². The summed E-state index contributed by atoms with van der Waals surface area (Å²) in [4.78, 5) is 49.4. The third-order valence-corrected chi connectivity index (χ3v) is 9.38. The summed E-state index contributed by atoms with van der Waals surface area (Å²) < 4.78 is 43.7. The van der Waals surface area contributed by atoms with E-state index in [1.54, 1.807) is 6.92 Å². The molecule has 322 valence electrons. The van der Waals surface area contributed by atoms with Gasteiger partial charge in [0.2, 0.25) is 11.8 Å². The van der Waals surface area contributed by atoms with Gasteiger partial charge in [0.25, 0.3) is 0 Å². The monoisotopic (exact) mass is 818 g/mol. The van der Waals surface area contributed by atoms with Gasteiger partial charge < -0.3 is 105 Å². The van der Waals surface area contributed by atoms with Gasteiger partial charge in [-0.25, -0.2) is 9.59 Å². The first kappa shape index (κ1) is 45.9. The van der Waals surface area contributed by atoms with Crippen molar-refractivity contribution in [2.75, 3.05) is 19.8 Å². The van der Waals surface area contributed by atoms with Gasteiger partial charge in [-0.3, -0.25) is 9.59 Å². The molecule has 0 spiro atoms. The zero-order chi connectivity index (χ0) is 41.8. The van der Waals surface area contributed by atoms with Crippen LogP contribution < -0.4 is 10.6 Å². The average Bonchev–Trinajstić information content (AvgIpc) is 3.14. The number of nitrogens with one attached hydrogen (secondary N) is 2. The van der Waals surface area contributed by atoms with Crippen LogP contribution in [0.3, 0.4) is 0 Å². The van der Waals surface area contributed by atoms with Crippen LogP contribution in [0.2, 0.25) is 0 Å². The first-order valence-electron chi connectivity index (χ1n) is 17.5. The van der Waals surface area contributed by atoms with Gasteiger partial charge in [0.05, 0.1) is 19.8 Å². The number of hydrogen-bond donors (Lipinski definition) is 13. The molecule has 0 radical (unpaired) electrons. The Morgan fingerprint density at radius 3 is 1.57 bits per heavy atom. The van der Waals surface area contributed by atoms with Crippen LogP contribution in [0.15, 0.2) is 0 Å². The molecule has 56 heavy (non-hydrogen) atoms. The molecule has 0 unspecified atom stereocenters. The quantitative estimate of drug-likeness (QED) is 0.0724. The number of aliphatic hydroxyl groups excluding tert-OH is 10. The van der Waals surface area contributed by atoms with Gasteiger partial charge >= 0.3 is 11.9 Å². The molecule has 4 aliphatic rings. The molecule has 2 amide bonds. The summed E-state index contributed by atoms with van der Waals surface area (Å²) in [6.45, 7) is 1.75. The normalized spacial score (nSPS) is 44.4. The van der Waals surface area contributed by atoms with Crippen molar-refractivity contribution in [1.29, 1.82) is 0 Å². The van der Waals surface area contributed by atoms with Crippen molar-refractivity contribution in [2.45, 2.75) is 150 Å². The summed E-state index contributed by atoms with van der Waals surface area (Å²) in [6, 6.07) is -3.34. The lowest BCUT2D eigenvalue weighted by Gasteiger charge is -2.49. The van der Waals surface area contributed by atoms with Crippen LogP contribution >= 0.6 is 0 Å². The number of carbonyl (C=O) groups is 4. The highest BCUT2D eigenvalue weighted by Gasteiger charge is 2.57. The summed E-state index contributed by atoms with van der Waals surface area (Å²) in [5.41, 5.74) is 0. The van der Waals surface area contributed by atoms with Gasteiger partial charge in [-0.2, -0.15) is 0 Å². The Hall–Kier alpha value is -2.80. The van der Waals surface area contributed by atoms with Gasteiger partial charge in [-0.05, 0) is 6.42 Å². The second-order valence-corrected chi connectivity index (χ2v) is 13.5. The Bertz CT molecular complexity index is 1350. The number of aliphatic carboxylic acids is 1. The molecule has 0 aromatic heterocycles. The molecule has 0 bridgehead atoms. The van der Waals surface area contributed by atoms with Crippen LogP contribution in [0.5, 0.6) is 0 Å². The zero-order valence-corrected chi connectivity index (χ0v) is 30.2. The van der Waals surface area contributed by atoms with Crippen LogP contribution in [-0.4, -0.2) is 222 Å². The third-order valence-electron chi connectivity index (χ3n) is 9.38. The van der Waals surface area contributed by atoms with E-state index in [1.807, 2.05) is 0 Å². The Labute approximate surface area is 317 Å². The molecule has 0 aromatic carbocycles. The SMILES string of the molecule is CCCOC(=O)[C@H]1O[C@@H](O[C@H]2[C@H](O)[C@@H](CO)O[C@@H](O[C@H]3[C@H](O)[C@@H](O)[C@H](O[C@H]4[C@H](O)[C@@H](CO)O[C@@H](O)[C@@H]4NC(C)=O)O[C@@H]3C(=O)O)[C@@H]2NC(C)=O)[C@H](O)[C@@H](O)[C@@H]1O. The first-order valence-corrected chi connectivity index (χ1v) is 17.5. The molecule has 4 fully saturated rings. The molecular weight excluding hydrogens is 768 g/mol. The Kier molecular flexibility index (Phi) is 16.2. The standard InChI is InChI=1S/C31H50N2O23/c1-4-5-49-28(48)24-17(41)16(40)19(43)30(55-24)53-22-13(33-9(3)37)29(51-11(7-35)15(22)39)54-23-18(42)20(44)31(56-25(23)26(45)46)52-21-12(32-8(2)36)27(47)50-10(6-34)14(21)38/h10-25,27,29-31,34-35,38-44,47H,4-7H2,1-3H3,(H,32,36)(H,33,37)(H,45,46)/t10-,11-,12-,13-,14-,15-,16+,17+,18-,19-,20-,21-,22-,23+,24+,25+,27-,29+,30-,31-/m1/s1. The minimum Gasteiger partial charge on any atom is -0.479 e. The number of carboxylic acids is 1. The summed E-state index contributed by atoms with van der Waals surface area (Å²) >= 11 is 0. The maximum atomic E-state index is 12.6. The maximum absolute atomic E-state index is 12.6. The molecule has 4 heterocycles. The Balaban J connectivity index is 1.61. The van der Waals surface area contributed by atoms with Crippen molar-refractivity contribution in [1.82, 2.24) is 10.6 Å². The molecule has 25 nitrogen and oxygen atoms in total. The lowest BCUT2D eigenvalue weighted by Crippen LogP contribution is -2.70. The highest BCUT2D eigenvalue weighted by atomic mass is 16.8. The molecule has 25 heteroatoms. The molecule has 20 atom stereocenters. The van der Waals surface area contributed by atoms with E-state index in [1.165, 1.54) is 0 Å². The van der Waals surface area contributed by atoms with Gasteiger partial charge in [0, 0.05) is 13.8 Å². The number of carboxylic acid groups (broad SMARTS) is 1. The van der Waals surface area contributed by atoms with Crippen molar-refractivity contribution in [2.24, 2.45) is 0 Å². The second kappa shape index (κ2) is 19.8. The van der Waals surface area contributed by atoms with Gasteiger partial charge in [-0.1, -0.05) is 6.92 Å². The average molecular weight is 819 g/mol. The molecule has 0 aliphatic carbocycles. The highest BCUT2D eigenvalue weighted by Crippen LogP contribution is 2.34. The van der Waals surface area contributed by atoms with Crippen LogP contribution in [0, 0.1) is 0 Å². The molecule has 0 saturated carbocycles. The van der Waals surface area contributed by atoms with Gasteiger partial charge in [0.1, 0.15) is 85.3 Å². The smallest absolute Gasteiger partial charge is 0.338 e. The fraction of sp³-hybridized carbons (Fsp3) is 0.871. The van der Waals surface area contributed by atoms with Crippen LogP contribution in [0.4, 0.5) is 0 Å². The predicted molar refractivity (Wildman–Crippen MR) is 172 cm³/mol. The predicted octanol–water partition coefficient (Wildman–Crippen LogP) is -8.41. The molecule has 4 aliphatic heterocycles. The molecule has 4 rings (SSSR count). The van der Waals surface area contributed by atoms with Crippen LogP contribution in [0.25, 0.3) is 0 Å². The molecule has 4 saturated heterocycles. The molecular formula is C31H50N2O23. The lowest BCUT2D eigenvalue weighted by molar-refractivity contribution is -0.368. The lowest BCUT2D eigenvalue weighted by atomic mass is 9.94. The van der Waals surface area contributed by atoms with E-state index < -0.39 is 160 Å². The first-order chi connectivity index (χ1) is 26.4. The van der Waals surface area contributed by atoms with E-state index in [4.69, 9.17) is 37.9 Å².